The molecule has 0 amide bonds. The number of aliphatic carboxylic acids is 1. The third-order valence-corrected chi connectivity index (χ3v) is 5.09. The van der Waals surface area contributed by atoms with Crippen LogP contribution in [0.1, 0.15) is 50.2 Å². The summed E-state index contributed by atoms with van der Waals surface area (Å²) in [5, 5.41) is 10.00. The second kappa shape index (κ2) is 6.31. The molecule has 1 fully saturated rings. The first-order valence-corrected chi connectivity index (χ1v) is 8.56. The van der Waals surface area contributed by atoms with Crippen molar-refractivity contribution in [1.29, 1.82) is 0 Å². The fraction of sp³-hybridized carbons (Fsp3) is 0.381. The number of ether oxygens (including phenoxy) is 1. The van der Waals surface area contributed by atoms with E-state index in [0.29, 0.717) is 6.42 Å². The predicted molar refractivity (Wildman–Crippen MR) is 94.5 cm³/mol. The number of carboxylic acid groups (broad SMARTS) is 1. The predicted octanol–water partition coefficient (Wildman–Crippen LogP) is 4.84. The van der Waals surface area contributed by atoms with Gasteiger partial charge in [-0.2, -0.15) is 0 Å². The lowest BCUT2D eigenvalue weighted by molar-refractivity contribution is -0.143. The van der Waals surface area contributed by atoms with E-state index in [2.05, 4.69) is 0 Å². The van der Waals surface area contributed by atoms with Gasteiger partial charge in [0, 0.05) is 11.8 Å². The van der Waals surface area contributed by atoms with Crippen LogP contribution >= 0.6 is 0 Å². The number of hydrogen-bond donors (Lipinski definition) is 1. The highest BCUT2D eigenvalue weighted by Gasteiger charge is 2.70. The van der Waals surface area contributed by atoms with E-state index in [-0.39, 0.29) is 17.9 Å². The first kappa shape index (κ1) is 16.6. The standard InChI is InChI=1S/C21H24O3/c1-4-21(20(22)23)18(15-10-6-5-7-11-15)19(21)16-12-8-9-13-17(16)24-14(2)3/h5-14,18-19H,4H2,1-3H3,(H,22,23)/t18-,19-,21+/m0/s1. The van der Waals surface area contributed by atoms with Gasteiger partial charge in [0.05, 0.1) is 11.5 Å². The maximum Gasteiger partial charge on any atom is 0.310 e. The molecule has 126 valence electrons. The van der Waals surface area contributed by atoms with Crippen molar-refractivity contribution in [2.45, 2.75) is 45.1 Å². The zero-order chi connectivity index (χ0) is 17.3. The van der Waals surface area contributed by atoms with Crippen LogP contribution in [0.3, 0.4) is 0 Å². The van der Waals surface area contributed by atoms with Gasteiger partial charge in [-0.15, -0.1) is 0 Å². The molecule has 3 atom stereocenters. The van der Waals surface area contributed by atoms with Gasteiger partial charge >= 0.3 is 5.97 Å². The van der Waals surface area contributed by atoms with Gasteiger partial charge in [-0.25, -0.2) is 0 Å². The van der Waals surface area contributed by atoms with E-state index in [1.807, 2.05) is 75.4 Å². The van der Waals surface area contributed by atoms with E-state index in [0.717, 1.165) is 16.9 Å². The number of benzene rings is 2. The van der Waals surface area contributed by atoms with Crippen molar-refractivity contribution in [1.82, 2.24) is 0 Å². The molecule has 1 aliphatic rings. The number of rotatable bonds is 6. The third kappa shape index (κ3) is 2.58. The summed E-state index contributed by atoms with van der Waals surface area (Å²) in [5.41, 5.74) is 1.34. The molecule has 3 heteroatoms. The summed E-state index contributed by atoms with van der Waals surface area (Å²) in [6.07, 6.45) is 0.656. The molecule has 0 radical (unpaired) electrons. The molecule has 2 aromatic rings. The van der Waals surface area contributed by atoms with Crippen molar-refractivity contribution in [3.8, 4) is 5.75 Å². The molecule has 0 spiro atoms. The molecular weight excluding hydrogens is 300 g/mol. The maximum absolute atomic E-state index is 12.2. The van der Waals surface area contributed by atoms with Crippen molar-refractivity contribution >= 4 is 5.97 Å². The Balaban J connectivity index is 2.07. The summed E-state index contributed by atoms with van der Waals surface area (Å²) in [4.78, 5) is 12.2. The molecule has 0 unspecified atom stereocenters. The Hall–Kier alpha value is -2.29. The SMILES string of the molecule is CC[C@@]1(C(=O)O)[C@@H](c2ccccc2)[C@@H]1c1ccccc1OC(C)C. The van der Waals surface area contributed by atoms with Gasteiger partial charge in [-0.1, -0.05) is 55.5 Å². The summed E-state index contributed by atoms with van der Waals surface area (Å²) in [6, 6.07) is 17.8. The lowest BCUT2D eigenvalue weighted by Crippen LogP contribution is -2.18. The van der Waals surface area contributed by atoms with Crippen molar-refractivity contribution in [2.24, 2.45) is 5.41 Å². The van der Waals surface area contributed by atoms with Crippen molar-refractivity contribution in [3.05, 3.63) is 65.7 Å². The van der Waals surface area contributed by atoms with Gasteiger partial charge in [0.2, 0.25) is 0 Å². The minimum absolute atomic E-state index is 0.0156. The zero-order valence-corrected chi connectivity index (χ0v) is 14.4. The van der Waals surface area contributed by atoms with E-state index in [1.165, 1.54) is 0 Å². The van der Waals surface area contributed by atoms with Crippen molar-refractivity contribution in [3.63, 3.8) is 0 Å². The lowest BCUT2D eigenvalue weighted by atomic mass is 9.94. The second-order valence-electron chi connectivity index (χ2n) is 6.77. The first-order chi connectivity index (χ1) is 11.5. The minimum atomic E-state index is -0.752. The van der Waals surface area contributed by atoms with Crippen LogP contribution in [0.5, 0.6) is 5.75 Å². The van der Waals surface area contributed by atoms with Crippen LogP contribution in [0.15, 0.2) is 54.6 Å². The Kier molecular flexibility index (Phi) is 4.35. The topological polar surface area (TPSA) is 46.5 Å². The monoisotopic (exact) mass is 324 g/mol. The molecule has 0 bridgehead atoms. The molecule has 1 aliphatic carbocycles. The molecule has 3 rings (SSSR count). The first-order valence-electron chi connectivity index (χ1n) is 8.56. The average Bonchev–Trinajstić information content (AvgIpc) is 3.26. The third-order valence-electron chi connectivity index (χ3n) is 5.09. The van der Waals surface area contributed by atoms with Crippen LogP contribution in [0, 0.1) is 5.41 Å². The molecule has 2 aromatic carbocycles. The van der Waals surface area contributed by atoms with Gasteiger partial charge < -0.3 is 9.84 Å². The van der Waals surface area contributed by atoms with Gasteiger partial charge in [0.15, 0.2) is 0 Å². The highest BCUT2D eigenvalue weighted by atomic mass is 16.5. The molecule has 0 aromatic heterocycles. The normalized spacial score (nSPS) is 25.5. The van der Waals surface area contributed by atoms with Gasteiger partial charge in [0.25, 0.3) is 0 Å². The van der Waals surface area contributed by atoms with Crippen LogP contribution in [0.25, 0.3) is 0 Å². The Bertz CT molecular complexity index is 723. The largest absolute Gasteiger partial charge is 0.491 e. The average molecular weight is 324 g/mol. The van der Waals surface area contributed by atoms with Crippen LogP contribution < -0.4 is 4.74 Å². The van der Waals surface area contributed by atoms with E-state index in [9.17, 15) is 9.90 Å². The molecular formula is C21H24O3. The molecule has 0 saturated heterocycles. The number of carbonyl (C=O) groups is 1. The van der Waals surface area contributed by atoms with Gasteiger partial charge in [-0.05, 0) is 37.5 Å². The summed E-state index contributed by atoms with van der Waals surface area (Å²) < 4.78 is 5.96. The summed E-state index contributed by atoms with van der Waals surface area (Å²) >= 11 is 0. The molecule has 24 heavy (non-hydrogen) atoms. The van der Waals surface area contributed by atoms with Crippen molar-refractivity contribution < 1.29 is 14.6 Å². The van der Waals surface area contributed by atoms with E-state index in [4.69, 9.17) is 4.74 Å². The number of hydrogen-bond acceptors (Lipinski definition) is 2. The summed E-state index contributed by atoms with van der Waals surface area (Å²) in [5.74, 6) is 0.00803. The fourth-order valence-electron chi connectivity index (χ4n) is 4.00. The van der Waals surface area contributed by atoms with Crippen LogP contribution in [-0.4, -0.2) is 17.2 Å². The minimum Gasteiger partial charge on any atom is -0.491 e. The van der Waals surface area contributed by atoms with Crippen molar-refractivity contribution in [2.75, 3.05) is 0 Å². The van der Waals surface area contributed by atoms with E-state index >= 15 is 0 Å². The van der Waals surface area contributed by atoms with Crippen LogP contribution in [-0.2, 0) is 4.79 Å². The Morgan fingerprint density at radius 3 is 2.29 bits per heavy atom. The molecule has 1 saturated carbocycles. The molecule has 0 heterocycles. The highest BCUT2D eigenvalue weighted by Crippen LogP contribution is 2.73. The summed E-state index contributed by atoms with van der Waals surface area (Å²) in [6.45, 7) is 5.95. The Morgan fingerprint density at radius 1 is 1.08 bits per heavy atom. The molecule has 3 nitrogen and oxygen atoms in total. The number of carboxylic acids is 1. The second-order valence-corrected chi connectivity index (χ2v) is 6.77. The zero-order valence-electron chi connectivity index (χ0n) is 14.4. The smallest absolute Gasteiger partial charge is 0.310 e. The maximum atomic E-state index is 12.2. The van der Waals surface area contributed by atoms with Crippen LogP contribution in [0.4, 0.5) is 0 Å². The summed E-state index contributed by atoms with van der Waals surface area (Å²) in [7, 11) is 0. The van der Waals surface area contributed by atoms with Crippen LogP contribution in [0.2, 0.25) is 0 Å². The van der Waals surface area contributed by atoms with E-state index in [1.54, 1.807) is 0 Å². The lowest BCUT2D eigenvalue weighted by Gasteiger charge is -2.15. The molecule has 1 N–H and O–H groups in total. The quantitative estimate of drug-likeness (QED) is 0.827. The number of para-hydroxylation sites is 1. The Labute approximate surface area is 143 Å². The van der Waals surface area contributed by atoms with Gasteiger partial charge in [-0.3, -0.25) is 4.79 Å². The molecule has 0 aliphatic heterocycles. The highest BCUT2D eigenvalue weighted by molar-refractivity contribution is 5.84. The fourth-order valence-corrected chi connectivity index (χ4v) is 4.00. The van der Waals surface area contributed by atoms with Gasteiger partial charge in [0.1, 0.15) is 5.75 Å². The van der Waals surface area contributed by atoms with E-state index < -0.39 is 11.4 Å². The Morgan fingerprint density at radius 2 is 1.71 bits per heavy atom.